The van der Waals surface area contributed by atoms with Crippen molar-refractivity contribution in [3.8, 4) is 0 Å². The highest BCUT2D eigenvalue weighted by atomic mass is 19.4. The Labute approximate surface area is 167 Å². The Balaban J connectivity index is 2.03. The standard InChI is InChI=1S/C20H24F3N5O/c1-28(2)18(29)14-27-19(25-11-9-17-8-3-4-10-24-17)26-13-15-6-5-7-16(12-15)20(21,22)23/h3-8,10,12H,9,11,13-14H2,1-2H3,(H2,25,26,27). The van der Waals surface area contributed by atoms with Gasteiger partial charge in [-0.1, -0.05) is 18.2 Å². The molecule has 6 nitrogen and oxygen atoms in total. The van der Waals surface area contributed by atoms with Crippen LogP contribution in [0.1, 0.15) is 16.8 Å². The fraction of sp³-hybridized carbons (Fsp3) is 0.350. The highest BCUT2D eigenvalue weighted by molar-refractivity contribution is 5.86. The summed E-state index contributed by atoms with van der Waals surface area (Å²) in [7, 11) is 3.27. The summed E-state index contributed by atoms with van der Waals surface area (Å²) < 4.78 is 38.6. The first-order valence-corrected chi connectivity index (χ1v) is 9.04. The van der Waals surface area contributed by atoms with E-state index in [1.54, 1.807) is 26.4 Å². The molecule has 0 aliphatic heterocycles. The molecule has 1 heterocycles. The van der Waals surface area contributed by atoms with Crippen LogP contribution in [-0.2, 0) is 23.9 Å². The average molecular weight is 407 g/mol. The number of halogens is 3. The minimum absolute atomic E-state index is 0.0189. The summed E-state index contributed by atoms with van der Waals surface area (Å²) in [6, 6.07) is 10.6. The summed E-state index contributed by atoms with van der Waals surface area (Å²) in [5, 5.41) is 5.99. The summed E-state index contributed by atoms with van der Waals surface area (Å²) in [4.78, 5) is 21.8. The minimum Gasteiger partial charge on any atom is -0.356 e. The van der Waals surface area contributed by atoms with Crippen LogP contribution < -0.4 is 10.6 Å². The molecular weight excluding hydrogens is 383 g/mol. The summed E-state index contributed by atoms with van der Waals surface area (Å²) in [5.41, 5.74) is 0.594. The number of benzene rings is 1. The molecule has 0 saturated carbocycles. The van der Waals surface area contributed by atoms with Crippen LogP contribution in [0.2, 0.25) is 0 Å². The fourth-order valence-corrected chi connectivity index (χ4v) is 2.36. The van der Waals surface area contributed by atoms with Gasteiger partial charge in [0.05, 0.1) is 18.7 Å². The van der Waals surface area contributed by atoms with Crippen molar-refractivity contribution in [1.29, 1.82) is 0 Å². The Morgan fingerprint density at radius 3 is 2.59 bits per heavy atom. The molecule has 1 amide bonds. The molecule has 1 aromatic carbocycles. The molecule has 2 rings (SSSR count). The van der Waals surface area contributed by atoms with E-state index in [0.29, 0.717) is 24.5 Å². The highest BCUT2D eigenvalue weighted by Crippen LogP contribution is 2.29. The van der Waals surface area contributed by atoms with Crippen molar-refractivity contribution in [2.75, 3.05) is 27.2 Å². The van der Waals surface area contributed by atoms with Gasteiger partial charge in [0.25, 0.3) is 0 Å². The van der Waals surface area contributed by atoms with Gasteiger partial charge in [0.1, 0.15) is 0 Å². The number of hydrogen-bond donors (Lipinski definition) is 2. The lowest BCUT2D eigenvalue weighted by atomic mass is 10.1. The summed E-state index contributed by atoms with van der Waals surface area (Å²) >= 11 is 0. The second-order valence-electron chi connectivity index (χ2n) is 6.50. The van der Waals surface area contributed by atoms with E-state index in [2.05, 4.69) is 20.6 Å². The van der Waals surface area contributed by atoms with Crippen LogP contribution in [0.4, 0.5) is 13.2 Å². The van der Waals surface area contributed by atoms with Crippen LogP contribution in [0.3, 0.4) is 0 Å². The molecule has 0 unspecified atom stereocenters. The van der Waals surface area contributed by atoms with Gasteiger partial charge in [0.2, 0.25) is 5.91 Å². The number of hydrogen-bond acceptors (Lipinski definition) is 3. The van der Waals surface area contributed by atoms with Gasteiger partial charge in [0, 0.05) is 39.0 Å². The molecule has 1 aromatic heterocycles. The Bertz CT molecular complexity index is 822. The van der Waals surface area contributed by atoms with E-state index in [4.69, 9.17) is 0 Å². The topological polar surface area (TPSA) is 69.6 Å². The molecule has 2 aromatic rings. The fourth-order valence-electron chi connectivity index (χ4n) is 2.36. The van der Waals surface area contributed by atoms with E-state index in [1.807, 2.05) is 18.2 Å². The van der Waals surface area contributed by atoms with Crippen molar-refractivity contribution in [2.45, 2.75) is 19.1 Å². The lowest BCUT2D eigenvalue weighted by molar-refractivity contribution is -0.137. The third kappa shape index (κ3) is 7.81. The second kappa shape index (κ2) is 10.4. The van der Waals surface area contributed by atoms with Crippen molar-refractivity contribution in [3.05, 3.63) is 65.5 Å². The van der Waals surface area contributed by atoms with Gasteiger partial charge >= 0.3 is 6.18 Å². The number of aromatic nitrogens is 1. The van der Waals surface area contributed by atoms with Crippen molar-refractivity contribution in [2.24, 2.45) is 4.99 Å². The van der Waals surface area contributed by atoms with E-state index >= 15 is 0 Å². The zero-order chi connectivity index (χ0) is 21.3. The molecular formula is C20H24F3N5O. The Hall–Kier alpha value is -3.10. The van der Waals surface area contributed by atoms with Crippen molar-refractivity contribution in [3.63, 3.8) is 0 Å². The van der Waals surface area contributed by atoms with Gasteiger partial charge < -0.3 is 15.5 Å². The minimum atomic E-state index is -4.40. The molecule has 2 N–H and O–H groups in total. The van der Waals surface area contributed by atoms with E-state index < -0.39 is 11.7 Å². The van der Waals surface area contributed by atoms with E-state index in [1.165, 1.54) is 11.0 Å². The van der Waals surface area contributed by atoms with Gasteiger partial charge in [-0.3, -0.25) is 9.78 Å². The van der Waals surface area contributed by atoms with E-state index in [-0.39, 0.29) is 19.0 Å². The van der Waals surface area contributed by atoms with Gasteiger partial charge in [-0.25, -0.2) is 4.99 Å². The third-order valence-corrected chi connectivity index (χ3v) is 3.98. The Kier molecular flexibility index (Phi) is 7.99. The van der Waals surface area contributed by atoms with E-state index in [0.717, 1.165) is 17.8 Å². The largest absolute Gasteiger partial charge is 0.416 e. The summed E-state index contributed by atoms with van der Waals surface area (Å²) in [6.45, 7) is 0.561. The SMILES string of the molecule is CN(C)C(=O)CNC(=NCc1cccc(C(F)(F)F)c1)NCCc1ccccn1. The first kappa shape index (κ1) is 22.2. The summed E-state index contributed by atoms with van der Waals surface area (Å²) in [6.07, 6.45) is -2.07. The van der Waals surface area contributed by atoms with Gasteiger partial charge in [-0.15, -0.1) is 0 Å². The number of carbonyl (C=O) groups excluding carboxylic acids is 1. The molecule has 0 bridgehead atoms. The second-order valence-corrected chi connectivity index (χ2v) is 6.50. The van der Waals surface area contributed by atoms with Crippen LogP contribution in [0.15, 0.2) is 53.7 Å². The zero-order valence-electron chi connectivity index (χ0n) is 16.3. The number of carbonyl (C=O) groups is 1. The van der Waals surface area contributed by atoms with Crippen LogP contribution in [0, 0.1) is 0 Å². The molecule has 0 radical (unpaired) electrons. The van der Waals surface area contributed by atoms with Crippen LogP contribution in [0.5, 0.6) is 0 Å². The zero-order valence-corrected chi connectivity index (χ0v) is 16.3. The number of nitrogens with one attached hydrogen (secondary N) is 2. The Morgan fingerprint density at radius 2 is 1.93 bits per heavy atom. The first-order chi connectivity index (χ1) is 13.8. The van der Waals surface area contributed by atoms with Crippen LogP contribution in [0.25, 0.3) is 0 Å². The van der Waals surface area contributed by atoms with Gasteiger partial charge in [0.15, 0.2) is 5.96 Å². The van der Waals surface area contributed by atoms with E-state index in [9.17, 15) is 18.0 Å². The monoisotopic (exact) mass is 407 g/mol. The van der Waals surface area contributed by atoms with Crippen molar-refractivity contribution < 1.29 is 18.0 Å². The maximum Gasteiger partial charge on any atom is 0.416 e. The Morgan fingerprint density at radius 1 is 1.14 bits per heavy atom. The normalized spacial score (nSPS) is 11.8. The van der Waals surface area contributed by atoms with Crippen LogP contribution >= 0.6 is 0 Å². The number of aliphatic imine (C=N–C) groups is 1. The predicted molar refractivity (Wildman–Crippen MR) is 105 cm³/mol. The molecule has 156 valence electrons. The molecule has 0 fully saturated rings. The van der Waals surface area contributed by atoms with Gasteiger partial charge in [-0.2, -0.15) is 13.2 Å². The predicted octanol–water partition coefficient (Wildman–Crippen LogP) is 2.47. The molecule has 0 saturated heterocycles. The smallest absolute Gasteiger partial charge is 0.356 e. The summed E-state index contributed by atoms with van der Waals surface area (Å²) in [5.74, 6) is 0.192. The molecule has 0 aliphatic carbocycles. The maximum atomic E-state index is 12.9. The number of rotatable bonds is 7. The van der Waals surface area contributed by atoms with Crippen molar-refractivity contribution in [1.82, 2.24) is 20.5 Å². The van der Waals surface area contributed by atoms with Gasteiger partial charge in [-0.05, 0) is 29.8 Å². The highest BCUT2D eigenvalue weighted by Gasteiger charge is 2.30. The molecule has 29 heavy (non-hydrogen) atoms. The van der Waals surface area contributed by atoms with Crippen LogP contribution in [-0.4, -0.2) is 48.9 Å². The number of amides is 1. The number of alkyl halides is 3. The molecule has 0 atom stereocenters. The number of nitrogens with zero attached hydrogens (tertiary/aromatic N) is 3. The molecule has 9 heteroatoms. The maximum absolute atomic E-state index is 12.9. The number of likely N-dealkylation sites (N-methyl/N-ethyl adjacent to an activating group) is 1. The quantitative estimate of drug-likeness (QED) is 0.547. The van der Waals surface area contributed by atoms with Crippen molar-refractivity contribution >= 4 is 11.9 Å². The average Bonchev–Trinajstić information content (AvgIpc) is 2.69. The number of pyridine rings is 1. The number of guanidine groups is 1. The molecule has 0 aliphatic rings. The third-order valence-electron chi connectivity index (χ3n) is 3.98. The lowest BCUT2D eigenvalue weighted by Gasteiger charge is -2.15. The first-order valence-electron chi connectivity index (χ1n) is 9.04. The molecule has 0 spiro atoms. The lowest BCUT2D eigenvalue weighted by Crippen LogP contribution is -2.43.